The van der Waals surface area contributed by atoms with Crippen LogP contribution in [0, 0.1) is 5.92 Å². The summed E-state index contributed by atoms with van der Waals surface area (Å²) in [6, 6.07) is -0.375. The number of nitrogens with one attached hydrogen (secondary N) is 4. The number of rotatable bonds is 19. The summed E-state index contributed by atoms with van der Waals surface area (Å²) in [5.41, 5.74) is 0.369. The van der Waals surface area contributed by atoms with E-state index < -0.39 is 86.8 Å². The maximum Gasteiger partial charge on any atom is 0.524 e. The molecule has 4 atom stereocenters. The fourth-order valence-electron chi connectivity index (χ4n) is 3.92. The molecule has 0 radical (unpaired) electrons. The first-order valence-corrected chi connectivity index (χ1v) is 14.8. The molecule has 4 amide bonds. The second kappa shape index (κ2) is 17.7. The normalized spacial score (nSPS) is 13.9. The second-order valence-corrected chi connectivity index (χ2v) is 11.4. The van der Waals surface area contributed by atoms with E-state index in [2.05, 4.69) is 25.8 Å². The number of hydrogen-bond donors (Lipinski definition) is 8. The number of aliphatic carboxylic acids is 2. The Morgan fingerprint density at radius 3 is 1.86 bits per heavy atom. The summed E-state index contributed by atoms with van der Waals surface area (Å²) in [6.45, 7) is 4.67. The van der Waals surface area contributed by atoms with Crippen LogP contribution in [0.25, 0.3) is 0 Å². The molecule has 0 aliphatic rings. The van der Waals surface area contributed by atoms with E-state index in [1.54, 1.807) is 0 Å². The van der Waals surface area contributed by atoms with E-state index in [-0.39, 0.29) is 24.5 Å². The largest absolute Gasteiger partial charge is 0.524 e. The van der Waals surface area contributed by atoms with Crippen molar-refractivity contribution in [3.63, 3.8) is 0 Å². The lowest BCUT2D eigenvalue weighted by atomic mass is 10.0. The molecule has 0 bridgehead atoms. The second-order valence-electron chi connectivity index (χ2n) is 10.2. The zero-order valence-electron chi connectivity index (χ0n) is 24.2. The number of carboxylic acid groups (broad SMARTS) is 2. The molecule has 1 aromatic rings. The monoisotopic (exact) mass is 644 g/mol. The van der Waals surface area contributed by atoms with Gasteiger partial charge in [0, 0.05) is 19.8 Å². The predicted octanol–water partition coefficient (Wildman–Crippen LogP) is -0.756. The summed E-state index contributed by atoms with van der Waals surface area (Å²) in [6.07, 6.45) is -1.36. The van der Waals surface area contributed by atoms with Crippen LogP contribution in [-0.4, -0.2) is 86.0 Å². The van der Waals surface area contributed by atoms with Gasteiger partial charge in [-0.15, -0.1) is 0 Å². The molecule has 0 aliphatic carbocycles. The van der Waals surface area contributed by atoms with Crippen LogP contribution in [-0.2, 0) is 44.5 Å². The van der Waals surface area contributed by atoms with Crippen LogP contribution in [0.5, 0.6) is 5.75 Å². The van der Waals surface area contributed by atoms with E-state index in [1.807, 2.05) is 13.8 Å². The van der Waals surface area contributed by atoms with Crippen molar-refractivity contribution < 1.29 is 62.7 Å². The Hall–Kier alpha value is -4.34. The highest BCUT2D eigenvalue weighted by Gasteiger charge is 2.31. The van der Waals surface area contributed by atoms with Crippen LogP contribution in [0.3, 0.4) is 0 Å². The summed E-state index contributed by atoms with van der Waals surface area (Å²) >= 11 is 0. The van der Waals surface area contributed by atoms with Gasteiger partial charge in [-0.1, -0.05) is 26.0 Å². The molecule has 0 aliphatic heterocycles. The van der Waals surface area contributed by atoms with Crippen molar-refractivity contribution in [3.8, 4) is 5.75 Å². The third kappa shape index (κ3) is 15.2. The molecule has 17 nitrogen and oxygen atoms in total. The Bertz CT molecular complexity index is 1230. The van der Waals surface area contributed by atoms with Gasteiger partial charge in [0.25, 0.3) is 0 Å². The minimum absolute atomic E-state index is 0.0121. The highest BCUT2D eigenvalue weighted by Crippen LogP contribution is 2.37. The number of benzene rings is 1. The van der Waals surface area contributed by atoms with Gasteiger partial charge in [-0.2, -0.15) is 0 Å². The van der Waals surface area contributed by atoms with Crippen molar-refractivity contribution in [1.29, 1.82) is 0 Å². The number of hydrogen-bond acceptors (Lipinski definition) is 9. The van der Waals surface area contributed by atoms with Gasteiger partial charge in [0.2, 0.25) is 23.6 Å². The first-order valence-electron chi connectivity index (χ1n) is 13.3. The average Bonchev–Trinajstić information content (AvgIpc) is 2.88. The number of phosphoric ester groups is 1. The third-order valence-corrected chi connectivity index (χ3v) is 6.24. The number of phosphoric acid groups is 1. The van der Waals surface area contributed by atoms with Gasteiger partial charge in [-0.3, -0.25) is 38.6 Å². The maximum absolute atomic E-state index is 13.3. The average molecular weight is 645 g/mol. The Morgan fingerprint density at radius 2 is 1.39 bits per heavy atom. The van der Waals surface area contributed by atoms with Crippen molar-refractivity contribution >= 4 is 49.7 Å². The van der Waals surface area contributed by atoms with Crippen LogP contribution < -0.4 is 25.8 Å². The van der Waals surface area contributed by atoms with E-state index in [0.717, 1.165) is 6.92 Å². The number of amides is 4. The van der Waals surface area contributed by atoms with E-state index in [0.29, 0.717) is 11.8 Å². The molecular weight excluding hydrogens is 607 g/mol. The van der Waals surface area contributed by atoms with E-state index >= 15 is 0 Å². The molecule has 8 N–H and O–H groups in total. The van der Waals surface area contributed by atoms with Gasteiger partial charge in [0.1, 0.15) is 30.2 Å². The van der Waals surface area contributed by atoms with Gasteiger partial charge in [0.05, 0.1) is 12.5 Å². The van der Waals surface area contributed by atoms with Crippen molar-refractivity contribution in [3.05, 3.63) is 29.8 Å². The maximum atomic E-state index is 13.3. The van der Waals surface area contributed by atoms with Crippen LogP contribution in [0.4, 0.5) is 0 Å². The summed E-state index contributed by atoms with van der Waals surface area (Å²) < 4.78 is 15.6. The fraction of sp³-hybridized carbons (Fsp3) is 0.500. The molecule has 18 heteroatoms. The van der Waals surface area contributed by atoms with Crippen molar-refractivity contribution in [2.45, 2.75) is 77.0 Å². The van der Waals surface area contributed by atoms with E-state index in [1.165, 1.54) is 24.3 Å². The number of carbonyl (C=O) groups is 7. The van der Waals surface area contributed by atoms with Crippen molar-refractivity contribution in [2.75, 3.05) is 0 Å². The smallest absolute Gasteiger partial charge is 0.481 e. The van der Waals surface area contributed by atoms with Gasteiger partial charge < -0.3 is 40.8 Å². The fourth-order valence-corrected chi connectivity index (χ4v) is 4.32. The van der Waals surface area contributed by atoms with Crippen LogP contribution in [0.1, 0.15) is 52.0 Å². The predicted molar refractivity (Wildman–Crippen MR) is 151 cm³/mol. The zero-order chi connectivity index (χ0) is 33.6. The first-order chi connectivity index (χ1) is 20.4. The lowest BCUT2D eigenvalue weighted by Crippen LogP contribution is -2.58. The number of carboxylic acids is 2. The minimum Gasteiger partial charge on any atom is -0.481 e. The molecule has 0 fully saturated rings. The number of carbonyl (C=O) groups excluding carboxylic acids is 5. The zero-order valence-corrected chi connectivity index (χ0v) is 25.1. The molecule has 0 saturated heterocycles. The Morgan fingerprint density at radius 1 is 0.841 bits per heavy atom. The van der Waals surface area contributed by atoms with Crippen molar-refractivity contribution in [1.82, 2.24) is 21.3 Å². The topological polar surface area (TPSA) is 275 Å². The first kappa shape index (κ1) is 37.7. The molecule has 0 saturated carbocycles. The van der Waals surface area contributed by atoms with Crippen molar-refractivity contribution in [2.24, 2.45) is 5.92 Å². The molecule has 244 valence electrons. The quantitative estimate of drug-likeness (QED) is 0.0680. The van der Waals surface area contributed by atoms with Crippen LogP contribution in [0.15, 0.2) is 24.3 Å². The molecule has 0 unspecified atom stereocenters. The molecule has 1 aromatic carbocycles. The highest BCUT2D eigenvalue weighted by atomic mass is 31.2. The molecular formula is C26H37N4O13P. The standard InChI is InChI=1S/C26H37N4O13P/c1-14(2)10-17(13-31)28-25(38)20(11-16-4-6-18(7-5-16)43-44(40,41)42)30-24(37)19(8-9-22(33)34)29-26(39)21(12-23(35)36)27-15(3)32/h4-7,13-14,17,19-21H,8-12H2,1-3H3,(H,27,32)(H,28,38)(H,29,39)(H,30,37)(H,33,34)(H,35,36)(H2,40,41,42)/t17-,19-,20-,21-/m0/s1. The summed E-state index contributed by atoms with van der Waals surface area (Å²) in [4.78, 5) is 103. The molecule has 44 heavy (non-hydrogen) atoms. The lowest BCUT2D eigenvalue weighted by molar-refractivity contribution is -0.141. The van der Waals surface area contributed by atoms with Gasteiger partial charge >= 0.3 is 19.8 Å². The Labute approximate surface area is 252 Å². The third-order valence-electron chi connectivity index (χ3n) is 5.79. The highest BCUT2D eigenvalue weighted by molar-refractivity contribution is 7.46. The van der Waals surface area contributed by atoms with Crippen LogP contribution in [0.2, 0.25) is 0 Å². The molecule has 0 heterocycles. The van der Waals surface area contributed by atoms with Gasteiger partial charge in [0.15, 0.2) is 0 Å². The van der Waals surface area contributed by atoms with Gasteiger partial charge in [-0.05, 0) is 36.5 Å². The summed E-state index contributed by atoms with van der Waals surface area (Å²) in [5, 5.41) is 27.5. The van der Waals surface area contributed by atoms with Crippen LogP contribution >= 0.6 is 7.82 Å². The number of aldehydes is 1. The molecule has 1 rings (SSSR count). The van der Waals surface area contributed by atoms with Gasteiger partial charge in [-0.25, -0.2) is 4.57 Å². The lowest BCUT2D eigenvalue weighted by Gasteiger charge is -2.26. The summed E-state index contributed by atoms with van der Waals surface area (Å²) in [5.74, 6) is -6.59. The molecule has 0 aromatic heterocycles. The summed E-state index contributed by atoms with van der Waals surface area (Å²) in [7, 11) is -4.84. The minimum atomic E-state index is -4.84. The SMILES string of the molecule is CC(=O)N[C@@H](CC(=O)O)C(=O)N[C@@H](CCC(=O)O)C(=O)N[C@@H](Cc1ccc(OP(=O)(O)O)cc1)C(=O)N[C@H](C=O)CC(C)C. The van der Waals surface area contributed by atoms with E-state index in [4.69, 9.17) is 20.0 Å². The molecule has 0 spiro atoms. The Kier molecular flexibility index (Phi) is 15.2. The Balaban J connectivity index is 3.31. The van der Waals surface area contributed by atoms with E-state index in [9.17, 15) is 38.1 Å².